The summed E-state index contributed by atoms with van der Waals surface area (Å²) in [5, 5.41) is 9.32. The van der Waals surface area contributed by atoms with Crippen molar-refractivity contribution in [3.05, 3.63) is 0 Å². The van der Waals surface area contributed by atoms with E-state index in [0.29, 0.717) is 19.8 Å². The second-order valence-corrected chi connectivity index (χ2v) is 4.68. The number of amides is 1. The van der Waals surface area contributed by atoms with Crippen LogP contribution in [0.15, 0.2) is 0 Å². The Balaban J connectivity index is 2.44. The molecule has 1 fully saturated rings. The predicted octanol–water partition coefficient (Wildman–Crippen LogP) is -0.417. The van der Waals surface area contributed by atoms with Gasteiger partial charge in [-0.15, -0.1) is 0 Å². The highest BCUT2D eigenvalue weighted by Crippen LogP contribution is 2.27. The first-order valence-electron chi connectivity index (χ1n) is 5.81. The molecule has 0 aromatic carbocycles. The van der Waals surface area contributed by atoms with E-state index in [1.807, 2.05) is 4.90 Å². The quantitative estimate of drug-likeness (QED) is 0.594. The van der Waals surface area contributed by atoms with Gasteiger partial charge in [-0.05, 0) is 13.0 Å². The SMILES string of the molecule is CCCCN(CC(N)=O)CC1(CO)COC1. The predicted molar refractivity (Wildman–Crippen MR) is 60.9 cm³/mol. The zero-order valence-electron chi connectivity index (χ0n) is 9.95. The molecular weight excluding hydrogens is 208 g/mol. The smallest absolute Gasteiger partial charge is 0.231 e. The second kappa shape index (κ2) is 6.18. The summed E-state index contributed by atoms with van der Waals surface area (Å²) in [6.45, 7) is 5.16. The lowest BCUT2D eigenvalue weighted by Gasteiger charge is -2.43. The summed E-state index contributed by atoms with van der Waals surface area (Å²) in [7, 11) is 0. The summed E-state index contributed by atoms with van der Waals surface area (Å²) in [6, 6.07) is 0. The molecule has 16 heavy (non-hydrogen) atoms. The van der Waals surface area contributed by atoms with Crippen molar-refractivity contribution in [2.75, 3.05) is 39.5 Å². The molecule has 1 heterocycles. The maximum Gasteiger partial charge on any atom is 0.231 e. The fourth-order valence-corrected chi connectivity index (χ4v) is 1.91. The van der Waals surface area contributed by atoms with Gasteiger partial charge in [0.15, 0.2) is 0 Å². The average molecular weight is 230 g/mol. The fourth-order valence-electron chi connectivity index (χ4n) is 1.91. The molecule has 1 aliphatic heterocycles. The van der Waals surface area contributed by atoms with E-state index in [4.69, 9.17) is 10.5 Å². The number of hydrogen-bond donors (Lipinski definition) is 2. The van der Waals surface area contributed by atoms with E-state index in [2.05, 4.69) is 6.92 Å². The Kier molecular flexibility index (Phi) is 5.18. The van der Waals surface area contributed by atoms with Crippen molar-refractivity contribution in [1.29, 1.82) is 0 Å². The number of aliphatic hydroxyl groups is 1. The van der Waals surface area contributed by atoms with E-state index >= 15 is 0 Å². The standard InChI is InChI=1S/C11H22N2O3/c1-2-3-4-13(5-10(12)15)6-11(7-14)8-16-9-11/h14H,2-9H2,1H3,(H2,12,15). The lowest BCUT2D eigenvalue weighted by atomic mass is 9.86. The summed E-state index contributed by atoms with van der Waals surface area (Å²) in [4.78, 5) is 13.0. The van der Waals surface area contributed by atoms with Gasteiger partial charge in [-0.3, -0.25) is 9.69 Å². The molecule has 0 saturated carbocycles. The summed E-state index contributed by atoms with van der Waals surface area (Å²) < 4.78 is 5.14. The van der Waals surface area contributed by atoms with Crippen LogP contribution in [-0.4, -0.2) is 55.4 Å². The van der Waals surface area contributed by atoms with Crippen molar-refractivity contribution < 1.29 is 14.6 Å². The topological polar surface area (TPSA) is 75.8 Å². The molecule has 0 radical (unpaired) electrons. The number of unbranched alkanes of at least 4 members (excludes halogenated alkanes) is 1. The van der Waals surface area contributed by atoms with Crippen LogP contribution in [0.3, 0.4) is 0 Å². The molecule has 0 aromatic heterocycles. The van der Waals surface area contributed by atoms with Crippen LogP contribution >= 0.6 is 0 Å². The molecule has 1 rings (SSSR count). The first-order valence-corrected chi connectivity index (χ1v) is 5.81. The van der Waals surface area contributed by atoms with Crippen LogP contribution in [0.4, 0.5) is 0 Å². The summed E-state index contributed by atoms with van der Waals surface area (Å²) >= 11 is 0. The second-order valence-electron chi connectivity index (χ2n) is 4.68. The van der Waals surface area contributed by atoms with Crippen LogP contribution in [0.2, 0.25) is 0 Å². The largest absolute Gasteiger partial charge is 0.396 e. The van der Waals surface area contributed by atoms with Crippen LogP contribution in [0.5, 0.6) is 0 Å². The molecular formula is C11H22N2O3. The number of rotatable bonds is 8. The third-order valence-corrected chi connectivity index (χ3v) is 2.92. The van der Waals surface area contributed by atoms with E-state index in [9.17, 15) is 9.90 Å². The minimum atomic E-state index is -0.315. The Morgan fingerprint density at radius 2 is 2.25 bits per heavy atom. The Morgan fingerprint density at radius 3 is 2.62 bits per heavy atom. The molecule has 1 aliphatic rings. The maximum absolute atomic E-state index is 10.9. The highest BCUT2D eigenvalue weighted by Gasteiger charge is 2.39. The molecule has 94 valence electrons. The van der Waals surface area contributed by atoms with Gasteiger partial charge in [0.25, 0.3) is 0 Å². The van der Waals surface area contributed by atoms with Crippen molar-refractivity contribution in [3.8, 4) is 0 Å². The number of nitrogens with zero attached hydrogens (tertiary/aromatic N) is 1. The normalized spacial score (nSPS) is 18.4. The number of carbonyl (C=O) groups is 1. The molecule has 0 atom stereocenters. The van der Waals surface area contributed by atoms with E-state index in [-0.39, 0.29) is 24.5 Å². The average Bonchev–Trinajstić information content (AvgIpc) is 2.19. The van der Waals surface area contributed by atoms with Crippen molar-refractivity contribution in [2.45, 2.75) is 19.8 Å². The van der Waals surface area contributed by atoms with Crippen molar-refractivity contribution in [3.63, 3.8) is 0 Å². The molecule has 0 aliphatic carbocycles. The Morgan fingerprint density at radius 1 is 1.56 bits per heavy atom. The first-order chi connectivity index (χ1) is 7.62. The number of ether oxygens (including phenoxy) is 1. The molecule has 5 nitrogen and oxygen atoms in total. The molecule has 3 N–H and O–H groups in total. The van der Waals surface area contributed by atoms with Gasteiger partial charge in [0.2, 0.25) is 5.91 Å². The summed E-state index contributed by atoms with van der Waals surface area (Å²) in [5.41, 5.74) is 5.03. The Labute approximate surface area is 96.6 Å². The number of aliphatic hydroxyl groups excluding tert-OH is 1. The minimum Gasteiger partial charge on any atom is -0.396 e. The zero-order valence-corrected chi connectivity index (χ0v) is 9.95. The fraction of sp³-hybridized carbons (Fsp3) is 0.909. The maximum atomic E-state index is 10.9. The van der Waals surface area contributed by atoms with E-state index in [1.165, 1.54) is 0 Å². The molecule has 0 spiro atoms. The Bertz CT molecular complexity index is 224. The molecule has 0 unspecified atom stereocenters. The van der Waals surface area contributed by atoms with E-state index < -0.39 is 0 Å². The van der Waals surface area contributed by atoms with E-state index in [0.717, 1.165) is 19.4 Å². The van der Waals surface area contributed by atoms with Crippen LogP contribution in [-0.2, 0) is 9.53 Å². The van der Waals surface area contributed by atoms with Gasteiger partial charge in [-0.2, -0.15) is 0 Å². The van der Waals surface area contributed by atoms with Gasteiger partial charge < -0.3 is 15.6 Å². The molecule has 0 bridgehead atoms. The lowest BCUT2D eigenvalue weighted by Crippen LogP contribution is -2.54. The minimum absolute atomic E-state index is 0.106. The van der Waals surface area contributed by atoms with Crippen molar-refractivity contribution in [2.24, 2.45) is 11.1 Å². The third kappa shape index (κ3) is 3.73. The third-order valence-electron chi connectivity index (χ3n) is 2.92. The molecule has 1 amide bonds. The molecule has 0 aromatic rings. The first kappa shape index (κ1) is 13.4. The number of carbonyl (C=O) groups excluding carboxylic acids is 1. The molecule has 5 heteroatoms. The van der Waals surface area contributed by atoms with Crippen LogP contribution in [0.25, 0.3) is 0 Å². The number of hydrogen-bond acceptors (Lipinski definition) is 4. The van der Waals surface area contributed by atoms with Gasteiger partial charge in [0.1, 0.15) is 0 Å². The number of nitrogens with two attached hydrogens (primary N) is 1. The lowest BCUT2D eigenvalue weighted by molar-refractivity contribution is -0.150. The van der Waals surface area contributed by atoms with Crippen molar-refractivity contribution in [1.82, 2.24) is 4.90 Å². The number of primary amides is 1. The van der Waals surface area contributed by atoms with Crippen LogP contribution in [0, 0.1) is 5.41 Å². The van der Waals surface area contributed by atoms with Gasteiger partial charge in [-0.1, -0.05) is 13.3 Å². The highest BCUT2D eigenvalue weighted by atomic mass is 16.5. The molecule has 1 saturated heterocycles. The van der Waals surface area contributed by atoms with Gasteiger partial charge in [0, 0.05) is 6.54 Å². The zero-order chi connectivity index (χ0) is 12.0. The van der Waals surface area contributed by atoms with Gasteiger partial charge >= 0.3 is 0 Å². The van der Waals surface area contributed by atoms with Crippen molar-refractivity contribution >= 4 is 5.91 Å². The van der Waals surface area contributed by atoms with Crippen LogP contribution < -0.4 is 5.73 Å². The Hall–Kier alpha value is -0.650. The monoisotopic (exact) mass is 230 g/mol. The van der Waals surface area contributed by atoms with Gasteiger partial charge in [0.05, 0.1) is 31.8 Å². The van der Waals surface area contributed by atoms with Crippen LogP contribution in [0.1, 0.15) is 19.8 Å². The summed E-state index contributed by atoms with van der Waals surface area (Å²) in [6.07, 6.45) is 2.12. The summed E-state index contributed by atoms with van der Waals surface area (Å²) in [5.74, 6) is -0.315. The van der Waals surface area contributed by atoms with Gasteiger partial charge in [-0.25, -0.2) is 0 Å². The highest BCUT2D eigenvalue weighted by molar-refractivity contribution is 5.75. The van der Waals surface area contributed by atoms with E-state index in [1.54, 1.807) is 0 Å².